The lowest BCUT2D eigenvalue weighted by Crippen LogP contribution is -2.51. The second kappa shape index (κ2) is 8.17. The fourth-order valence-corrected chi connectivity index (χ4v) is 3.57. The smallest absolute Gasteiger partial charge is 0.262 e. The van der Waals surface area contributed by atoms with Crippen LogP contribution in [0.2, 0.25) is 0 Å². The number of carbonyl (C=O) groups is 3. The molecule has 0 saturated carbocycles. The summed E-state index contributed by atoms with van der Waals surface area (Å²) in [5.74, 6) is -0.836. The van der Waals surface area contributed by atoms with Crippen LogP contribution in [0.25, 0.3) is 0 Å². The molecule has 0 unspecified atom stereocenters. The largest absolute Gasteiger partial charge is 0.369 e. The van der Waals surface area contributed by atoms with Gasteiger partial charge >= 0.3 is 0 Å². The van der Waals surface area contributed by atoms with Crippen molar-refractivity contribution in [1.82, 2.24) is 4.90 Å². The van der Waals surface area contributed by atoms with Crippen LogP contribution in [0.1, 0.15) is 47.1 Å². The van der Waals surface area contributed by atoms with Crippen molar-refractivity contribution in [3.05, 3.63) is 65.2 Å². The predicted molar refractivity (Wildman–Crippen MR) is 111 cm³/mol. The molecule has 0 N–H and O–H groups in total. The van der Waals surface area contributed by atoms with Gasteiger partial charge in [-0.1, -0.05) is 24.3 Å². The first-order chi connectivity index (χ1) is 13.8. The first kappa shape index (κ1) is 20.7. The summed E-state index contributed by atoms with van der Waals surface area (Å²) >= 11 is 0. The van der Waals surface area contributed by atoms with Crippen molar-refractivity contribution >= 4 is 23.4 Å². The summed E-state index contributed by atoms with van der Waals surface area (Å²) in [4.78, 5) is 40.9. The normalized spacial score (nSPS) is 13.6. The topological polar surface area (TPSA) is 66.9 Å². The Morgan fingerprint density at radius 2 is 1.66 bits per heavy atom. The van der Waals surface area contributed by atoms with Gasteiger partial charge in [0.25, 0.3) is 17.7 Å². The molecule has 3 amide bonds. The van der Waals surface area contributed by atoms with Gasteiger partial charge < -0.3 is 9.64 Å². The summed E-state index contributed by atoms with van der Waals surface area (Å²) < 4.78 is 5.67. The second-order valence-electron chi connectivity index (χ2n) is 7.77. The van der Waals surface area contributed by atoms with Crippen molar-refractivity contribution in [2.24, 2.45) is 0 Å². The molecule has 0 spiro atoms. The average molecular weight is 394 g/mol. The molecule has 2 aromatic rings. The van der Waals surface area contributed by atoms with Crippen molar-refractivity contribution in [3.63, 3.8) is 0 Å². The minimum Gasteiger partial charge on any atom is -0.369 e. The van der Waals surface area contributed by atoms with Crippen molar-refractivity contribution in [2.75, 3.05) is 24.7 Å². The fraction of sp³-hybridized carbons (Fsp3) is 0.348. The number of carbonyl (C=O) groups excluding carboxylic acids is 3. The van der Waals surface area contributed by atoms with E-state index in [-0.39, 0.29) is 30.9 Å². The van der Waals surface area contributed by atoms with Gasteiger partial charge in [0.05, 0.1) is 23.3 Å². The molecule has 1 aliphatic rings. The molecule has 152 valence electrons. The minimum atomic E-state index is -0.881. The Labute approximate surface area is 171 Å². The molecule has 3 rings (SSSR count). The third kappa shape index (κ3) is 4.07. The molecule has 6 nitrogen and oxygen atoms in total. The fourth-order valence-electron chi connectivity index (χ4n) is 3.57. The lowest BCUT2D eigenvalue weighted by atomic mass is 10.0. The lowest BCUT2D eigenvalue weighted by molar-refractivity contribution is -0.124. The Balaban J connectivity index is 1.64. The van der Waals surface area contributed by atoms with Crippen molar-refractivity contribution in [2.45, 2.75) is 33.2 Å². The molecule has 0 bridgehead atoms. The van der Waals surface area contributed by atoms with E-state index in [9.17, 15) is 14.4 Å². The number of likely N-dealkylation sites (N-methyl/N-ethyl adjacent to an activating group) is 1. The average Bonchev–Trinajstić information content (AvgIpc) is 2.94. The number of fused-ring (bicyclic) bond motifs is 1. The molecule has 0 radical (unpaired) electrons. The molecule has 1 heterocycles. The molecule has 6 heteroatoms. The van der Waals surface area contributed by atoms with E-state index in [0.717, 1.165) is 11.3 Å². The molecule has 0 saturated heterocycles. The van der Waals surface area contributed by atoms with Crippen molar-refractivity contribution < 1.29 is 19.1 Å². The third-order valence-electron chi connectivity index (χ3n) is 5.01. The van der Waals surface area contributed by atoms with Crippen LogP contribution in [0.4, 0.5) is 5.69 Å². The highest BCUT2D eigenvalue weighted by Gasteiger charge is 2.44. The number of benzene rings is 2. The molecule has 0 fully saturated rings. The number of ether oxygens (including phenoxy) is 1. The van der Waals surface area contributed by atoms with Crippen LogP contribution in [-0.2, 0) is 9.53 Å². The van der Waals surface area contributed by atoms with E-state index in [2.05, 4.69) is 0 Å². The van der Waals surface area contributed by atoms with Crippen molar-refractivity contribution in [3.8, 4) is 0 Å². The van der Waals surface area contributed by atoms with Gasteiger partial charge in [-0.05, 0) is 57.5 Å². The standard InChI is InChI=1S/C23H26N2O4/c1-5-24(17-10-8-9-16(2)13-17)20(26)14-29-15-23(3,4)25-21(27)18-11-6-7-12-19(18)22(25)28/h6-13H,5,14-15H2,1-4H3. The summed E-state index contributed by atoms with van der Waals surface area (Å²) in [5, 5.41) is 0. The summed E-state index contributed by atoms with van der Waals surface area (Å²) in [6.07, 6.45) is 0. The summed E-state index contributed by atoms with van der Waals surface area (Å²) in [6, 6.07) is 14.5. The van der Waals surface area contributed by atoms with Gasteiger partial charge in [0.1, 0.15) is 6.61 Å². The van der Waals surface area contributed by atoms with Crippen LogP contribution in [0.3, 0.4) is 0 Å². The maximum Gasteiger partial charge on any atom is 0.262 e. The molecule has 0 atom stereocenters. The van der Waals surface area contributed by atoms with E-state index in [1.165, 1.54) is 4.90 Å². The zero-order chi connectivity index (χ0) is 21.2. The third-order valence-corrected chi connectivity index (χ3v) is 5.01. The highest BCUT2D eigenvalue weighted by molar-refractivity contribution is 6.21. The number of anilines is 1. The van der Waals surface area contributed by atoms with E-state index < -0.39 is 5.54 Å². The highest BCUT2D eigenvalue weighted by Crippen LogP contribution is 2.29. The van der Waals surface area contributed by atoms with E-state index in [1.807, 2.05) is 38.1 Å². The van der Waals surface area contributed by atoms with Crippen LogP contribution in [0.15, 0.2) is 48.5 Å². The molecular weight excluding hydrogens is 368 g/mol. The molecule has 1 aliphatic heterocycles. The van der Waals surface area contributed by atoms with Gasteiger partial charge in [-0.3, -0.25) is 19.3 Å². The maximum atomic E-state index is 12.7. The molecular formula is C23H26N2O4. The molecule has 29 heavy (non-hydrogen) atoms. The Morgan fingerprint density at radius 3 is 2.21 bits per heavy atom. The summed E-state index contributed by atoms with van der Waals surface area (Å²) in [7, 11) is 0. The Bertz CT molecular complexity index is 916. The zero-order valence-corrected chi connectivity index (χ0v) is 17.3. The van der Waals surface area contributed by atoms with Gasteiger partial charge in [0.2, 0.25) is 0 Å². The Morgan fingerprint density at radius 1 is 1.03 bits per heavy atom. The van der Waals surface area contributed by atoms with E-state index in [4.69, 9.17) is 4.74 Å². The van der Waals surface area contributed by atoms with Gasteiger partial charge in [0.15, 0.2) is 0 Å². The number of hydrogen-bond donors (Lipinski definition) is 0. The predicted octanol–water partition coefficient (Wildman–Crippen LogP) is 3.44. The Kier molecular flexibility index (Phi) is 5.84. The first-order valence-electron chi connectivity index (χ1n) is 9.69. The van der Waals surface area contributed by atoms with Crippen LogP contribution in [-0.4, -0.2) is 47.9 Å². The van der Waals surface area contributed by atoms with Gasteiger partial charge in [0, 0.05) is 12.2 Å². The van der Waals surface area contributed by atoms with E-state index >= 15 is 0 Å². The second-order valence-corrected chi connectivity index (χ2v) is 7.77. The number of nitrogens with zero attached hydrogens (tertiary/aromatic N) is 2. The highest BCUT2D eigenvalue weighted by atomic mass is 16.5. The number of hydrogen-bond acceptors (Lipinski definition) is 4. The SMILES string of the molecule is CCN(C(=O)COCC(C)(C)N1C(=O)c2ccccc2C1=O)c1cccc(C)c1. The number of aryl methyl sites for hydroxylation is 1. The lowest BCUT2D eigenvalue weighted by Gasteiger charge is -2.33. The number of imide groups is 1. The molecule has 2 aromatic carbocycles. The minimum absolute atomic E-state index is 0.0651. The van der Waals surface area contributed by atoms with Crippen LogP contribution < -0.4 is 4.90 Å². The van der Waals surface area contributed by atoms with Crippen LogP contribution in [0.5, 0.6) is 0 Å². The number of amides is 3. The zero-order valence-electron chi connectivity index (χ0n) is 17.3. The molecule has 0 aromatic heterocycles. The van der Waals surface area contributed by atoms with Gasteiger partial charge in [-0.2, -0.15) is 0 Å². The monoisotopic (exact) mass is 394 g/mol. The maximum absolute atomic E-state index is 12.7. The summed E-state index contributed by atoms with van der Waals surface area (Å²) in [6.45, 7) is 7.86. The summed E-state index contributed by atoms with van der Waals surface area (Å²) in [5.41, 5.74) is 1.81. The van der Waals surface area contributed by atoms with Crippen LogP contribution >= 0.6 is 0 Å². The quantitative estimate of drug-likeness (QED) is 0.675. The van der Waals surface area contributed by atoms with Gasteiger partial charge in [-0.15, -0.1) is 0 Å². The van der Waals surface area contributed by atoms with Gasteiger partial charge in [-0.25, -0.2) is 0 Å². The van der Waals surface area contributed by atoms with Crippen LogP contribution in [0, 0.1) is 6.92 Å². The Hall–Kier alpha value is -2.99. The van der Waals surface area contributed by atoms with E-state index in [0.29, 0.717) is 17.7 Å². The van der Waals surface area contributed by atoms with E-state index in [1.54, 1.807) is 43.0 Å². The number of rotatable bonds is 7. The molecule has 0 aliphatic carbocycles. The first-order valence-corrected chi connectivity index (χ1v) is 9.69. The van der Waals surface area contributed by atoms with Crippen molar-refractivity contribution in [1.29, 1.82) is 0 Å².